The Bertz CT molecular complexity index is 547. The van der Waals surface area contributed by atoms with Gasteiger partial charge in [-0.25, -0.2) is 4.79 Å². The maximum absolute atomic E-state index is 12.3. The van der Waals surface area contributed by atoms with Gasteiger partial charge >= 0.3 is 5.97 Å². The predicted molar refractivity (Wildman–Crippen MR) is 88.0 cm³/mol. The first-order valence-electron chi connectivity index (χ1n) is 8.66. The molecule has 5 atom stereocenters. The van der Waals surface area contributed by atoms with Crippen LogP contribution in [0.25, 0.3) is 0 Å². The van der Waals surface area contributed by atoms with Crippen LogP contribution in [0.3, 0.4) is 0 Å². The van der Waals surface area contributed by atoms with E-state index in [1.165, 1.54) is 0 Å². The van der Waals surface area contributed by atoms with Crippen molar-refractivity contribution in [3.63, 3.8) is 0 Å². The second-order valence-corrected chi connectivity index (χ2v) is 6.46. The fourth-order valence-corrected chi connectivity index (χ4v) is 4.06. The molecule has 2 N–H and O–H groups in total. The molecule has 3 aliphatic rings. The van der Waals surface area contributed by atoms with E-state index < -0.39 is 29.1 Å². The van der Waals surface area contributed by atoms with E-state index in [9.17, 15) is 19.6 Å². The second-order valence-electron chi connectivity index (χ2n) is 6.46. The van der Waals surface area contributed by atoms with Gasteiger partial charge in [0.05, 0.1) is 18.6 Å². The standard InChI is InChI=1S/C15H20N2O5.C2H6/c1-14-10(7-8-16-21)12(19)17-15(14,13(20)22-14)11(18)9-5-3-2-4-6-9;1-2/h3,5,9-11,18H,2,4,6-8H2,1H3,(H,17,19);1-2H3. The van der Waals surface area contributed by atoms with Crippen LogP contribution < -0.4 is 5.32 Å². The quantitative estimate of drug-likeness (QED) is 0.451. The Hall–Kier alpha value is -1.76. The number of carbonyl (C=O) groups excluding carboxylic acids is 2. The van der Waals surface area contributed by atoms with Crippen LogP contribution in [0.4, 0.5) is 0 Å². The number of allylic oxidation sites excluding steroid dienone is 1. The lowest BCUT2D eigenvalue weighted by atomic mass is 9.64. The summed E-state index contributed by atoms with van der Waals surface area (Å²) < 4.78 is 5.30. The Balaban J connectivity index is 0.00000100. The number of nitrogens with one attached hydrogen (secondary N) is 1. The Morgan fingerprint density at radius 2 is 2.17 bits per heavy atom. The van der Waals surface area contributed by atoms with E-state index in [2.05, 4.69) is 10.5 Å². The van der Waals surface area contributed by atoms with E-state index in [0.717, 1.165) is 19.3 Å². The van der Waals surface area contributed by atoms with Gasteiger partial charge < -0.3 is 15.2 Å². The average Bonchev–Trinajstić information content (AvgIpc) is 2.78. The number of aliphatic hydroxyl groups is 1. The zero-order valence-corrected chi connectivity index (χ0v) is 14.4. The molecular formula is C17H26N2O5. The summed E-state index contributed by atoms with van der Waals surface area (Å²) in [6.07, 6.45) is 5.72. The van der Waals surface area contributed by atoms with E-state index in [-0.39, 0.29) is 24.8 Å². The van der Waals surface area contributed by atoms with E-state index in [4.69, 9.17) is 4.74 Å². The molecule has 1 aliphatic carbocycles. The average molecular weight is 338 g/mol. The Kier molecular flexibility index (Phi) is 5.42. The van der Waals surface area contributed by atoms with Gasteiger partial charge in [0.25, 0.3) is 0 Å². The molecule has 0 bridgehead atoms. The zero-order chi connectivity index (χ0) is 18.0. The zero-order valence-electron chi connectivity index (χ0n) is 14.4. The van der Waals surface area contributed by atoms with Crippen LogP contribution in [0, 0.1) is 16.7 Å². The molecule has 2 aliphatic heterocycles. The van der Waals surface area contributed by atoms with Crippen molar-refractivity contribution in [1.82, 2.24) is 5.32 Å². The molecule has 3 rings (SSSR count). The number of hydrogen-bond acceptors (Lipinski definition) is 6. The van der Waals surface area contributed by atoms with Crippen molar-refractivity contribution in [2.45, 2.75) is 63.7 Å². The highest BCUT2D eigenvalue weighted by molar-refractivity contribution is 6.01. The van der Waals surface area contributed by atoms with Crippen molar-refractivity contribution < 1.29 is 19.4 Å². The molecular weight excluding hydrogens is 312 g/mol. The van der Waals surface area contributed by atoms with E-state index in [1.54, 1.807) is 6.92 Å². The SMILES string of the molecule is CC.CC12OC(=O)C1(C(O)C1C=CCCC1)NC(=O)C2CCN=O. The van der Waals surface area contributed by atoms with E-state index >= 15 is 0 Å². The minimum Gasteiger partial charge on any atom is -0.453 e. The van der Waals surface area contributed by atoms with Crippen LogP contribution >= 0.6 is 0 Å². The third-order valence-electron chi connectivity index (χ3n) is 5.36. The smallest absolute Gasteiger partial charge is 0.339 e. The molecule has 0 aromatic carbocycles. The number of hydrogen-bond donors (Lipinski definition) is 2. The van der Waals surface area contributed by atoms with Crippen LogP contribution in [0.2, 0.25) is 0 Å². The molecule has 24 heavy (non-hydrogen) atoms. The molecule has 0 aromatic heterocycles. The first-order chi connectivity index (χ1) is 11.5. The van der Waals surface area contributed by atoms with Gasteiger partial charge in [-0.05, 0) is 32.6 Å². The third-order valence-corrected chi connectivity index (χ3v) is 5.36. The van der Waals surface area contributed by atoms with E-state index in [1.807, 2.05) is 26.0 Å². The summed E-state index contributed by atoms with van der Waals surface area (Å²) in [5, 5.41) is 16.3. The monoisotopic (exact) mass is 338 g/mol. The molecule has 2 fully saturated rings. The first kappa shape index (κ1) is 18.6. The summed E-state index contributed by atoms with van der Waals surface area (Å²) >= 11 is 0. The van der Waals surface area contributed by atoms with Crippen LogP contribution in [-0.2, 0) is 14.3 Å². The van der Waals surface area contributed by atoms with Crippen molar-refractivity contribution >= 4 is 11.9 Å². The number of carbonyl (C=O) groups is 2. The summed E-state index contributed by atoms with van der Waals surface area (Å²) in [6, 6.07) is 0. The number of fused-ring (bicyclic) bond motifs is 1. The van der Waals surface area contributed by atoms with Crippen molar-refractivity contribution in [2.24, 2.45) is 17.0 Å². The molecule has 5 unspecified atom stereocenters. The molecule has 7 heteroatoms. The number of nitroso groups, excluding NO2 is 1. The lowest BCUT2D eigenvalue weighted by Crippen LogP contribution is -2.80. The molecule has 2 heterocycles. The highest BCUT2D eigenvalue weighted by Gasteiger charge is 2.79. The topological polar surface area (TPSA) is 105 Å². The van der Waals surface area contributed by atoms with Gasteiger partial charge in [0, 0.05) is 5.92 Å². The summed E-state index contributed by atoms with van der Waals surface area (Å²) in [4.78, 5) is 34.8. The number of rotatable bonds is 5. The number of esters is 1. The molecule has 7 nitrogen and oxygen atoms in total. The van der Waals surface area contributed by atoms with Crippen molar-refractivity contribution in [3.05, 3.63) is 17.1 Å². The van der Waals surface area contributed by atoms with Crippen molar-refractivity contribution in [1.29, 1.82) is 0 Å². The number of aliphatic hydroxyl groups excluding tert-OH is 1. The number of ether oxygens (including phenoxy) is 1. The van der Waals surface area contributed by atoms with Crippen LogP contribution in [0.5, 0.6) is 0 Å². The summed E-state index contributed by atoms with van der Waals surface area (Å²) in [6.45, 7) is 5.62. The lowest BCUT2D eigenvalue weighted by Gasteiger charge is -2.54. The summed E-state index contributed by atoms with van der Waals surface area (Å²) in [5.41, 5.74) is -2.54. The normalized spacial score (nSPS) is 38.0. The third kappa shape index (κ3) is 2.46. The Labute approximate surface area is 141 Å². The molecule has 0 saturated carbocycles. The van der Waals surface area contributed by atoms with Gasteiger partial charge in [-0.2, -0.15) is 4.91 Å². The summed E-state index contributed by atoms with van der Waals surface area (Å²) in [5.74, 6) is -1.82. The minimum absolute atomic E-state index is 0.0270. The first-order valence-corrected chi connectivity index (χ1v) is 8.66. The van der Waals surface area contributed by atoms with Gasteiger partial charge in [0.1, 0.15) is 0 Å². The molecule has 1 amide bonds. The maximum Gasteiger partial charge on any atom is 0.339 e. The second kappa shape index (κ2) is 7.01. The van der Waals surface area contributed by atoms with Gasteiger partial charge in [-0.1, -0.05) is 31.2 Å². The molecule has 0 radical (unpaired) electrons. The van der Waals surface area contributed by atoms with Gasteiger partial charge in [-0.15, -0.1) is 0 Å². The van der Waals surface area contributed by atoms with Crippen LogP contribution in [0.15, 0.2) is 17.3 Å². The Morgan fingerprint density at radius 1 is 1.46 bits per heavy atom. The predicted octanol–water partition coefficient (Wildman–Crippen LogP) is 1.69. The van der Waals surface area contributed by atoms with Gasteiger partial charge in [0.15, 0.2) is 5.60 Å². The molecule has 134 valence electrons. The molecule has 0 spiro atoms. The molecule has 2 saturated heterocycles. The van der Waals surface area contributed by atoms with Gasteiger partial charge in [0.2, 0.25) is 11.4 Å². The largest absolute Gasteiger partial charge is 0.453 e. The number of nitrogens with zero attached hydrogens (tertiary/aromatic N) is 1. The minimum atomic E-state index is -1.41. The molecule has 0 aromatic rings. The highest BCUT2D eigenvalue weighted by atomic mass is 16.6. The summed E-state index contributed by atoms with van der Waals surface area (Å²) in [7, 11) is 0. The highest BCUT2D eigenvalue weighted by Crippen LogP contribution is 2.53. The Morgan fingerprint density at radius 3 is 2.71 bits per heavy atom. The lowest BCUT2D eigenvalue weighted by molar-refractivity contribution is -0.238. The fourth-order valence-electron chi connectivity index (χ4n) is 4.06. The fraction of sp³-hybridized carbons (Fsp3) is 0.765. The van der Waals surface area contributed by atoms with Crippen LogP contribution in [0.1, 0.15) is 46.5 Å². The van der Waals surface area contributed by atoms with Crippen LogP contribution in [-0.4, -0.2) is 40.8 Å². The van der Waals surface area contributed by atoms with Crippen molar-refractivity contribution in [3.8, 4) is 0 Å². The van der Waals surface area contributed by atoms with Gasteiger partial charge in [-0.3, -0.25) is 4.79 Å². The maximum atomic E-state index is 12.3. The number of amides is 1. The van der Waals surface area contributed by atoms with Crippen molar-refractivity contribution in [2.75, 3.05) is 6.54 Å². The van der Waals surface area contributed by atoms with E-state index in [0.29, 0.717) is 0 Å².